The van der Waals surface area contributed by atoms with Gasteiger partial charge in [-0.25, -0.2) is 4.39 Å². The Hall–Kier alpha value is -2.34. The van der Waals surface area contributed by atoms with E-state index in [-0.39, 0.29) is 5.82 Å². The van der Waals surface area contributed by atoms with Gasteiger partial charge in [-0.1, -0.05) is 12.1 Å². The van der Waals surface area contributed by atoms with Crippen LogP contribution in [0.5, 0.6) is 5.75 Å². The molecule has 0 amide bonds. The molecule has 2 aromatic rings. The van der Waals surface area contributed by atoms with Crippen molar-refractivity contribution in [1.82, 2.24) is 0 Å². The van der Waals surface area contributed by atoms with Crippen LogP contribution in [0.25, 0.3) is 0 Å². The smallest absolute Gasteiger partial charge is 0.125 e. The summed E-state index contributed by atoms with van der Waals surface area (Å²) in [7, 11) is 0. The Morgan fingerprint density at radius 3 is 2.42 bits per heavy atom. The number of rotatable bonds is 3. The number of aryl methyl sites for hydroxylation is 2. The van der Waals surface area contributed by atoms with E-state index in [0.29, 0.717) is 12.2 Å². The van der Waals surface area contributed by atoms with Crippen LogP contribution in [0, 0.1) is 31.0 Å². The zero-order valence-electron chi connectivity index (χ0n) is 10.9. The Morgan fingerprint density at radius 1 is 1.16 bits per heavy atom. The van der Waals surface area contributed by atoms with Gasteiger partial charge in [0.25, 0.3) is 0 Å². The van der Waals surface area contributed by atoms with E-state index in [2.05, 4.69) is 6.07 Å². The quantitative estimate of drug-likeness (QED) is 0.833. The summed E-state index contributed by atoms with van der Waals surface area (Å²) in [5.74, 6) is 0.484. The topological polar surface area (TPSA) is 33.0 Å². The van der Waals surface area contributed by atoms with Gasteiger partial charge in [0.05, 0.1) is 11.6 Å². The highest BCUT2D eigenvalue weighted by Crippen LogP contribution is 2.25. The molecule has 0 aliphatic rings. The highest BCUT2D eigenvalue weighted by Gasteiger charge is 2.07. The first-order valence-electron chi connectivity index (χ1n) is 5.99. The molecule has 2 aromatic carbocycles. The Morgan fingerprint density at radius 2 is 1.84 bits per heavy atom. The zero-order valence-corrected chi connectivity index (χ0v) is 10.9. The molecule has 0 bridgehead atoms. The fourth-order valence-electron chi connectivity index (χ4n) is 2.02. The normalized spacial score (nSPS) is 10.0. The second-order valence-corrected chi connectivity index (χ2v) is 4.47. The molecule has 0 atom stereocenters. The van der Waals surface area contributed by atoms with E-state index in [0.717, 1.165) is 22.4 Å². The van der Waals surface area contributed by atoms with E-state index in [4.69, 9.17) is 10.00 Å². The van der Waals surface area contributed by atoms with Gasteiger partial charge in [-0.2, -0.15) is 5.26 Å². The van der Waals surface area contributed by atoms with Crippen LogP contribution in [0.3, 0.4) is 0 Å². The highest BCUT2D eigenvalue weighted by atomic mass is 19.1. The first kappa shape index (κ1) is 13.1. The molecule has 0 fully saturated rings. The molecule has 0 N–H and O–H groups in total. The number of nitriles is 1. The maximum atomic E-state index is 13.1. The fraction of sp³-hybridized carbons (Fsp3) is 0.188. The number of halogens is 1. The summed E-state index contributed by atoms with van der Waals surface area (Å²) >= 11 is 0. The van der Waals surface area contributed by atoms with Crippen LogP contribution >= 0.6 is 0 Å². The van der Waals surface area contributed by atoms with Crippen molar-refractivity contribution in [3.8, 4) is 11.8 Å². The average molecular weight is 255 g/mol. The minimum absolute atomic E-state index is 0.269. The number of benzene rings is 2. The summed E-state index contributed by atoms with van der Waals surface area (Å²) in [6.45, 7) is 4.11. The van der Waals surface area contributed by atoms with Gasteiger partial charge in [-0.15, -0.1) is 0 Å². The summed E-state index contributed by atoms with van der Waals surface area (Å²) in [6, 6.07) is 12.0. The molecule has 0 heterocycles. The van der Waals surface area contributed by atoms with Gasteiger partial charge in [0, 0.05) is 0 Å². The molecular formula is C16H14FNO. The summed E-state index contributed by atoms with van der Waals surface area (Å²) < 4.78 is 18.8. The van der Waals surface area contributed by atoms with E-state index in [9.17, 15) is 4.39 Å². The van der Waals surface area contributed by atoms with Crippen LogP contribution in [0.15, 0.2) is 36.4 Å². The Labute approximate surface area is 112 Å². The molecule has 2 rings (SSSR count). The average Bonchev–Trinajstić information content (AvgIpc) is 2.37. The van der Waals surface area contributed by atoms with Crippen molar-refractivity contribution < 1.29 is 9.13 Å². The van der Waals surface area contributed by atoms with Crippen molar-refractivity contribution in [2.75, 3.05) is 0 Å². The van der Waals surface area contributed by atoms with Gasteiger partial charge in [0.2, 0.25) is 0 Å². The summed E-state index contributed by atoms with van der Waals surface area (Å²) in [5.41, 5.74) is 3.22. The van der Waals surface area contributed by atoms with Crippen molar-refractivity contribution in [3.63, 3.8) is 0 Å². The lowest BCUT2D eigenvalue weighted by Gasteiger charge is -2.12. The SMILES string of the molecule is Cc1cc(C#N)cc(C)c1OCc1cccc(F)c1. The van der Waals surface area contributed by atoms with Crippen molar-refractivity contribution >= 4 is 0 Å². The molecule has 0 radical (unpaired) electrons. The molecule has 0 aliphatic heterocycles. The lowest BCUT2D eigenvalue weighted by molar-refractivity contribution is 0.301. The molecular weight excluding hydrogens is 241 g/mol. The minimum atomic E-state index is -0.269. The van der Waals surface area contributed by atoms with E-state index in [1.54, 1.807) is 18.2 Å². The maximum Gasteiger partial charge on any atom is 0.125 e. The van der Waals surface area contributed by atoms with Crippen LogP contribution in [0.4, 0.5) is 4.39 Å². The molecule has 19 heavy (non-hydrogen) atoms. The molecule has 0 aromatic heterocycles. The van der Waals surface area contributed by atoms with Gasteiger partial charge in [0.1, 0.15) is 18.2 Å². The third-order valence-corrected chi connectivity index (χ3v) is 2.86. The van der Waals surface area contributed by atoms with Crippen LogP contribution in [-0.4, -0.2) is 0 Å². The van der Waals surface area contributed by atoms with Crippen molar-refractivity contribution in [3.05, 3.63) is 64.5 Å². The van der Waals surface area contributed by atoms with Crippen LogP contribution < -0.4 is 4.74 Å². The summed E-state index contributed by atoms with van der Waals surface area (Å²) in [4.78, 5) is 0. The van der Waals surface area contributed by atoms with E-state index >= 15 is 0 Å². The predicted octanol–water partition coefficient (Wildman–Crippen LogP) is 3.89. The molecule has 0 saturated carbocycles. The standard InChI is InChI=1S/C16H14FNO/c1-11-6-14(9-18)7-12(2)16(11)19-10-13-4-3-5-15(17)8-13/h3-8H,10H2,1-2H3. The predicted molar refractivity (Wildman–Crippen MR) is 71.4 cm³/mol. The van der Waals surface area contributed by atoms with Crippen molar-refractivity contribution in [1.29, 1.82) is 5.26 Å². The molecule has 0 unspecified atom stereocenters. The molecule has 3 heteroatoms. The lowest BCUT2D eigenvalue weighted by Crippen LogP contribution is -2.00. The number of hydrogen-bond acceptors (Lipinski definition) is 2. The van der Waals surface area contributed by atoms with Gasteiger partial charge >= 0.3 is 0 Å². The van der Waals surface area contributed by atoms with Gasteiger partial charge in [0.15, 0.2) is 0 Å². The zero-order chi connectivity index (χ0) is 13.8. The highest BCUT2D eigenvalue weighted by molar-refractivity contribution is 5.47. The largest absolute Gasteiger partial charge is 0.488 e. The first-order chi connectivity index (χ1) is 9.10. The molecule has 0 spiro atoms. The first-order valence-corrected chi connectivity index (χ1v) is 5.99. The van der Waals surface area contributed by atoms with Gasteiger partial charge < -0.3 is 4.74 Å². The minimum Gasteiger partial charge on any atom is -0.488 e. The number of nitrogens with zero attached hydrogens (tertiary/aromatic N) is 1. The molecule has 2 nitrogen and oxygen atoms in total. The Bertz CT molecular complexity index is 620. The third-order valence-electron chi connectivity index (χ3n) is 2.86. The van der Waals surface area contributed by atoms with E-state index in [1.807, 2.05) is 19.9 Å². The second-order valence-electron chi connectivity index (χ2n) is 4.47. The third kappa shape index (κ3) is 3.11. The van der Waals surface area contributed by atoms with Crippen LogP contribution in [0.2, 0.25) is 0 Å². The van der Waals surface area contributed by atoms with E-state index < -0.39 is 0 Å². The fourth-order valence-corrected chi connectivity index (χ4v) is 2.02. The number of ether oxygens (including phenoxy) is 1. The van der Waals surface area contributed by atoms with Crippen molar-refractivity contribution in [2.24, 2.45) is 0 Å². The summed E-state index contributed by atoms with van der Waals surface area (Å²) in [6.07, 6.45) is 0. The summed E-state index contributed by atoms with van der Waals surface area (Å²) in [5, 5.41) is 8.88. The van der Waals surface area contributed by atoms with E-state index in [1.165, 1.54) is 12.1 Å². The van der Waals surface area contributed by atoms with Gasteiger partial charge in [-0.3, -0.25) is 0 Å². The van der Waals surface area contributed by atoms with Gasteiger partial charge in [-0.05, 0) is 54.8 Å². The maximum absolute atomic E-state index is 13.1. The molecule has 96 valence electrons. The number of hydrogen-bond donors (Lipinski definition) is 0. The van der Waals surface area contributed by atoms with Crippen LogP contribution in [0.1, 0.15) is 22.3 Å². The molecule has 0 saturated heterocycles. The lowest BCUT2D eigenvalue weighted by atomic mass is 10.1. The molecule has 0 aliphatic carbocycles. The monoisotopic (exact) mass is 255 g/mol. The Balaban J connectivity index is 2.18. The van der Waals surface area contributed by atoms with Crippen molar-refractivity contribution in [2.45, 2.75) is 20.5 Å². The Kier molecular flexibility index (Phi) is 3.82. The van der Waals surface area contributed by atoms with Crippen LogP contribution in [-0.2, 0) is 6.61 Å². The second kappa shape index (κ2) is 5.53.